The van der Waals surface area contributed by atoms with Gasteiger partial charge in [-0.15, -0.1) is 0 Å². The molecule has 0 radical (unpaired) electrons. The lowest BCUT2D eigenvalue weighted by molar-refractivity contribution is -0.111. The fourth-order valence-corrected chi connectivity index (χ4v) is 0.886. The zero-order valence-electron chi connectivity index (χ0n) is 6.72. The zero-order valence-corrected chi connectivity index (χ0v) is 6.72. The van der Waals surface area contributed by atoms with Crippen LogP contribution < -0.4 is 0 Å². The first-order chi connectivity index (χ1) is 5.56. The van der Waals surface area contributed by atoms with Crippen LogP contribution >= 0.6 is 0 Å². The first-order valence-corrected chi connectivity index (χ1v) is 3.60. The summed E-state index contributed by atoms with van der Waals surface area (Å²) in [6, 6.07) is 5.98. The number of hydrogen-bond acceptors (Lipinski definition) is 1. The lowest BCUT2D eigenvalue weighted by Crippen LogP contribution is -2.21. The highest BCUT2D eigenvalue weighted by molar-refractivity contribution is 5.24. The Hall–Kier alpha value is -0.960. The van der Waals surface area contributed by atoms with Gasteiger partial charge in [0.1, 0.15) is 0 Å². The molecule has 3 heteroatoms. The van der Waals surface area contributed by atoms with E-state index in [0.717, 1.165) is 5.56 Å². The van der Waals surface area contributed by atoms with Crippen molar-refractivity contribution in [1.82, 2.24) is 0 Å². The van der Waals surface area contributed by atoms with Crippen molar-refractivity contribution in [2.45, 2.75) is 12.8 Å². The Kier molecular flexibility index (Phi) is 2.43. The van der Waals surface area contributed by atoms with Crippen molar-refractivity contribution in [3.05, 3.63) is 35.4 Å². The molecular formula is C9H10F2O. The predicted molar refractivity (Wildman–Crippen MR) is 42.2 cm³/mol. The maximum Gasteiger partial charge on any atom is 0.261 e. The molecule has 0 bridgehead atoms. The number of hydrogen-bond donors (Lipinski definition) is 1. The Labute approximate surface area is 69.7 Å². The minimum Gasteiger partial charge on any atom is -0.356 e. The molecule has 0 saturated heterocycles. The third kappa shape index (κ3) is 1.80. The molecule has 0 aliphatic heterocycles. The first kappa shape index (κ1) is 9.13. The van der Waals surface area contributed by atoms with Gasteiger partial charge in [0, 0.05) is 5.56 Å². The summed E-state index contributed by atoms with van der Waals surface area (Å²) in [5.41, 5.74) is 0.893. The molecule has 1 unspecified atom stereocenters. The topological polar surface area (TPSA) is 20.2 Å². The number of rotatable bonds is 2. The summed E-state index contributed by atoms with van der Waals surface area (Å²) in [7, 11) is 0. The van der Waals surface area contributed by atoms with Crippen molar-refractivity contribution < 1.29 is 13.9 Å². The molecule has 1 N–H and O–H groups in total. The van der Waals surface area contributed by atoms with Crippen molar-refractivity contribution in [1.29, 1.82) is 0 Å². The Balaban J connectivity index is 2.96. The standard InChI is InChI=1S/C9H10F2O/c1-7-2-4-8(5-3-7)9(11,12)6-10/h2-5,12H,6H2,1H3. The molecule has 1 aromatic carbocycles. The summed E-state index contributed by atoms with van der Waals surface area (Å²) in [5.74, 6) is -2.84. The van der Waals surface area contributed by atoms with Gasteiger partial charge in [-0.2, -0.15) is 0 Å². The van der Waals surface area contributed by atoms with Crippen molar-refractivity contribution >= 4 is 0 Å². The van der Waals surface area contributed by atoms with Gasteiger partial charge in [0.25, 0.3) is 5.85 Å². The number of alkyl halides is 2. The SMILES string of the molecule is Cc1ccc(C(O)(F)CF)cc1. The normalized spacial score (nSPS) is 15.7. The first-order valence-electron chi connectivity index (χ1n) is 3.60. The number of aryl methyl sites for hydroxylation is 1. The van der Waals surface area contributed by atoms with Crippen LogP contribution in [0.1, 0.15) is 11.1 Å². The maximum atomic E-state index is 12.9. The van der Waals surface area contributed by atoms with E-state index in [-0.39, 0.29) is 5.56 Å². The van der Waals surface area contributed by atoms with Crippen LogP contribution in [-0.4, -0.2) is 11.8 Å². The Morgan fingerprint density at radius 1 is 1.33 bits per heavy atom. The molecule has 0 fully saturated rings. The van der Waals surface area contributed by atoms with E-state index in [1.165, 1.54) is 12.1 Å². The average molecular weight is 172 g/mol. The van der Waals surface area contributed by atoms with Crippen LogP contribution in [0.25, 0.3) is 0 Å². The van der Waals surface area contributed by atoms with E-state index in [9.17, 15) is 8.78 Å². The molecule has 0 heterocycles. The largest absolute Gasteiger partial charge is 0.356 e. The van der Waals surface area contributed by atoms with Crippen molar-refractivity contribution in [2.75, 3.05) is 6.67 Å². The molecule has 66 valence electrons. The van der Waals surface area contributed by atoms with Crippen LogP contribution in [0.2, 0.25) is 0 Å². The Morgan fingerprint density at radius 3 is 2.25 bits per heavy atom. The van der Waals surface area contributed by atoms with Gasteiger partial charge in [-0.05, 0) is 6.92 Å². The molecule has 0 aromatic heterocycles. The summed E-state index contributed by atoms with van der Waals surface area (Å²) in [5, 5.41) is 8.84. The summed E-state index contributed by atoms with van der Waals surface area (Å²) in [6.45, 7) is 0.409. The molecule has 12 heavy (non-hydrogen) atoms. The zero-order chi connectivity index (χ0) is 9.19. The fraction of sp³-hybridized carbons (Fsp3) is 0.333. The average Bonchev–Trinajstić information content (AvgIpc) is 2.05. The van der Waals surface area contributed by atoms with Crippen LogP contribution in [0.4, 0.5) is 8.78 Å². The maximum absolute atomic E-state index is 12.9. The molecule has 1 atom stereocenters. The van der Waals surface area contributed by atoms with Crippen LogP contribution in [0.3, 0.4) is 0 Å². The van der Waals surface area contributed by atoms with Gasteiger partial charge in [-0.25, -0.2) is 8.78 Å². The quantitative estimate of drug-likeness (QED) is 0.724. The molecule has 1 aromatic rings. The van der Waals surface area contributed by atoms with E-state index in [2.05, 4.69) is 0 Å². The van der Waals surface area contributed by atoms with Crippen molar-refractivity contribution in [3.8, 4) is 0 Å². The van der Waals surface area contributed by atoms with E-state index in [1.54, 1.807) is 12.1 Å². The molecule has 0 spiro atoms. The van der Waals surface area contributed by atoms with Gasteiger partial charge in [0.2, 0.25) is 0 Å². The second-order valence-corrected chi connectivity index (χ2v) is 2.76. The van der Waals surface area contributed by atoms with Gasteiger partial charge in [-0.3, -0.25) is 0 Å². The predicted octanol–water partition coefficient (Wildman–Crippen LogP) is 2.08. The van der Waals surface area contributed by atoms with Gasteiger partial charge >= 0.3 is 0 Å². The van der Waals surface area contributed by atoms with E-state index in [0.29, 0.717) is 0 Å². The van der Waals surface area contributed by atoms with E-state index in [1.807, 2.05) is 6.92 Å². The molecule has 1 rings (SSSR count). The minimum absolute atomic E-state index is 0.0457. The summed E-state index contributed by atoms with van der Waals surface area (Å²) in [6.07, 6.45) is 0. The summed E-state index contributed by atoms with van der Waals surface area (Å²) in [4.78, 5) is 0. The Morgan fingerprint density at radius 2 is 1.83 bits per heavy atom. The van der Waals surface area contributed by atoms with Crippen molar-refractivity contribution in [2.24, 2.45) is 0 Å². The minimum atomic E-state index is -2.84. The lowest BCUT2D eigenvalue weighted by Gasteiger charge is -2.14. The molecular weight excluding hydrogens is 162 g/mol. The van der Waals surface area contributed by atoms with Crippen LogP contribution in [0, 0.1) is 6.92 Å². The molecule has 1 nitrogen and oxygen atoms in total. The summed E-state index contributed by atoms with van der Waals surface area (Å²) < 4.78 is 24.8. The number of benzene rings is 1. The van der Waals surface area contributed by atoms with Crippen LogP contribution in [-0.2, 0) is 5.85 Å². The molecule has 0 saturated carbocycles. The van der Waals surface area contributed by atoms with E-state index < -0.39 is 12.5 Å². The number of halogens is 2. The highest BCUT2D eigenvalue weighted by atomic mass is 19.2. The second kappa shape index (κ2) is 3.19. The monoisotopic (exact) mass is 172 g/mol. The van der Waals surface area contributed by atoms with Gasteiger partial charge in [0.05, 0.1) is 0 Å². The fourth-order valence-electron chi connectivity index (χ4n) is 0.886. The third-order valence-electron chi connectivity index (χ3n) is 1.67. The van der Waals surface area contributed by atoms with Crippen molar-refractivity contribution in [3.63, 3.8) is 0 Å². The van der Waals surface area contributed by atoms with Crippen LogP contribution in [0.15, 0.2) is 24.3 Å². The highest BCUT2D eigenvalue weighted by Gasteiger charge is 2.27. The van der Waals surface area contributed by atoms with E-state index >= 15 is 0 Å². The molecule has 0 amide bonds. The van der Waals surface area contributed by atoms with Gasteiger partial charge < -0.3 is 5.11 Å². The highest BCUT2D eigenvalue weighted by Crippen LogP contribution is 2.23. The smallest absolute Gasteiger partial charge is 0.261 e. The second-order valence-electron chi connectivity index (χ2n) is 2.76. The van der Waals surface area contributed by atoms with E-state index in [4.69, 9.17) is 5.11 Å². The molecule has 0 aliphatic carbocycles. The molecule has 0 aliphatic rings. The lowest BCUT2D eigenvalue weighted by atomic mass is 10.1. The third-order valence-corrected chi connectivity index (χ3v) is 1.67. The Bertz CT molecular complexity index is 254. The summed E-state index contributed by atoms with van der Waals surface area (Å²) >= 11 is 0. The van der Waals surface area contributed by atoms with Gasteiger partial charge in [-0.1, -0.05) is 29.8 Å². The number of aliphatic hydroxyl groups is 1. The van der Waals surface area contributed by atoms with Crippen LogP contribution in [0.5, 0.6) is 0 Å². The van der Waals surface area contributed by atoms with Gasteiger partial charge in [0.15, 0.2) is 6.67 Å².